The Bertz CT molecular complexity index is 1170. The van der Waals surface area contributed by atoms with E-state index in [1.165, 1.54) is 0 Å². The van der Waals surface area contributed by atoms with E-state index in [2.05, 4.69) is 10.1 Å². The summed E-state index contributed by atoms with van der Waals surface area (Å²) < 4.78 is 6.95. The quantitative estimate of drug-likeness (QED) is 0.646. The molecule has 0 saturated carbocycles. The average Bonchev–Trinajstić information content (AvgIpc) is 3.04. The van der Waals surface area contributed by atoms with Crippen molar-refractivity contribution in [1.29, 1.82) is 0 Å². The molecule has 0 radical (unpaired) electrons. The van der Waals surface area contributed by atoms with Gasteiger partial charge in [-0.2, -0.15) is 0 Å². The van der Waals surface area contributed by atoms with E-state index in [1.54, 1.807) is 18.2 Å². The molecule has 1 fully saturated rings. The van der Waals surface area contributed by atoms with Crippen molar-refractivity contribution in [3.8, 4) is 0 Å². The largest absolute Gasteiger partial charge is 0.361 e. The van der Waals surface area contributed by atoms with Gasteiger partial charge in [0, 0.05) is 57.3 Å². The lowest BCUT2D eigenvalue weighted by atomic mass is 10.1. The van der Waals surface area contributed by atoms with Gasteiger partial charge in [-0.25, -0.2) is 4.98 Å². The summed E-state index contributed by atoms with van der Waals surface area (Å²) in [4.78, 5) is 34.9. The van der Waals surface area contributed by atoms with Gasteiger partial charge in [-0.15, -0.1) is 0 Å². The van der Waals surface area contributed by atoms with Gasteiger partial charge in [0.1, 0.15) is 11.6 Å². The first-order chi connectivity index (χ1) is 15.1. The monoisotopic (exact) mass is 421 g/mol. The molecule has 2 aromatic heterocycles. The number of piperazine rings is 1. The first-order valence-corrected chi connectivity index (χ1v) is 11.1. The van der Waals surface area contributed by atoms with Gasteiger partial charge in [0.2, 0.25) is 0 Å². The molecule has 0 unspecified atom stereocenters. The van der Waals surface area contributed by atoms with Crippen LogP contribution in [-0.4, -0.2) is 56.6 Å². The normalized spacial score (nSPS) is 17.5. The molecule has 8 heteroatoms. The molecule has 31 heavy (non-hydrogen) atoms. The number of aryl methyl sites for hydroxylation is 2. The summed E-state index contributed by atoms with van der Waals surface area (Å²) in [6.07, 6.45) is 4.00. The Morgan fingerprint density at radius 1 is 1.06 bits per heavy atom. The van der Waals surface area contributed by atoms with Crippen molar-refractivity contribution in [3.63, 3.8) is 0 Å². The highest BCUT2D eigenvalue weighted by Crippen LogP contribution is 2.18. The standard InChI is InChI=1S/C23H27N5O3/c1-16-13-18(25-31-16)15-26-9-11-27(12-10-26)22(29)17-6-7-19-20(14-17)24-21-5-3-2-4-8-28(21)23(19)30/h6-7,13-14H,2-5,8-12,15H2,1H3. The molecule has 162 valence electrons. The second-order valence-electron chi connectivity index (χ2n) is 8.52. The fraction of sp³-hybridized carbons (Fsp3) is 0.478. The molecule has 0 spiro atoms. The van der Waals surface area contributed by atoms with Crippen molar-refractivity contribution in [2.45, 2.75) is 45.7 Å². The van der Waals surface area contributed by atoms with Crippen molar-refractivity contribution < 1.29 is 9.32 Å². The SMILES string of the molecule is Cc1cc(CN2CCN(C(=O)c3ccc4c(=O)n5c(nc4c3)CCCCC5)CC2)no1. The molecule has 0 aliphatic carbocycles. The van der Waals surface area contributed by atoms with Crippen LogP contribution in [0.4, 0.5) is 0 Å². The summed E-state index contributed by atoms with van der Waals surface area (Å²) in [5.74, 6) is 1.65. The lowest BCUT2D eigenvalue weighted by molar-refractivity contribution is 0.0626. The summed E-state index contributed by atoms with van der Waals surface area (Å²) in [5, 5.41) is 4.65. The summed E-state index contributed by atoms with van der Waals surface area (Å²) in [6.45, 7) is 6.25. The lowest BCUT2D eigenvalue weighted by Gasteiger charge is -2.34. The summed E-state index contributed by atoms with van der Waals surface area (Å²) in [7, 11) is 0. The molecular weight excluding hydrogens is 394 g/mol. The van der Waals surface area contributed by atoms with E-state index in [0.717, 1.165) is 69.1 Å². The van der Waals surface area contributed by atoms with Crippen LogP contribution in [0.1, 0.15) is 46.9 Å². The van der Waals surface area contributed by atoms with Crippen LogP contribution in [0.15, 0.2) is 33.6 Å². The predicted molar refractivity (Wildman–Crippen MR) is 116 cm³/mol. The van der Waals surface area contributed by atoms with Gasteiger partial charge in [0.15, 0.2) is 0 Å². The van der Waals surface area contributed by atoms with E-state index < -0.39 is 0 Å². The Balaban J connectivity index is 1.31. The molecule has 5 rings (SSSR count). The molecule has 1 amide bonds. The maximum Gasteiger partial charge on any atom is 0.261 e. The number of fused-ring (bicyclic) bond motifs is 2. The van der Waals surface area contributed by atoms with Crippen molar-refractivity contribution in [2.75, 3.05) is 26.2 Å². The minimum atomic E-state index is -0.00400. The predicted octanol–water partition coefficient (Wildman–Crippen LogP) is 2.38. The van der Waals surface area contributed by atoms with Gasteiger partial charge in [0.05, 0.1) is 16.6 Å². The molecule has 2 aliphatic rings. The maximum atomic E-state index is 13.1. The molecule has 0 N–H and O–H groups in total. The number of rotatable bonds is 3. The van der Waals surface area contributed by atoms with Crippen LogP contribution >= 0.6 is 0 Å². The third-order valence-electron chi connectivity index (χ3n) is 6.29. The Kier molecular flexibility index (Phi) is 5.31. The third-order valence-corrected chi connectivity index (χ3v) is 6.29. The van der Waals surface area contributed by atoms with Gasteiger partial charge >= 0.3 is 0 Å². The Hall–Kier alpha value is -3.00. The number of hydrogen-bond donors (Lipinski definition) is 0. The number of carbonyl (C=O) groups excluding carboxylic acids is 1. The van der Waals surface area contributed by atoms with Crippen LogP contribution in [0.25, 0.3) is 10.9 Å². The minimum absolute atomic E-state index is 0.00400. The number of nitrogens with zero attached hydrogens (tertiary/aromatic N) is 5. The third kappa shape index (κ3) is 3.99. The van der Waals surface area contributed by atoms with Crippen LogP contribution in [0, 0.1) is 6.92 Å². The fourth-order valence-electron chi connectivity index (χ4n) is 4.56. The molecule has 4 heterocycles. The van der Waals surface area contributed by atoms with Crippen molar-refractivity contribution in [3.05, 3.63) is 57.5 Å². The van der Waals surface area contributed by atoms with Crippen molar-refractivity contribution >= 4 is 16.8 Å². The lowest BCUT2D eigenvalue weighted by Crippen LogP contribution is -2.48. The van der Waals surface area contributed by atoms with Crippen LogP contribution in [0.3, 0.4) is 0 Å². The average molecular weight is 422 g/mol. The zero-order chi connectivity index (χ0) is 21.4. The van der Waals surface area contributed by atoms with E-state index in [4.69, 9.17) is 9.51 Å². The molecule has 0 atom stereocenters. The highest BCUT2D eigenvalue weighted by molar-refractivity contribution is 5.97. The molecular formula is C23H27N5O3. The first kappa shape index (κ1) is 19.9. The van der Waals surface area contributed by atoms with Gasteiger partial charge < -0.3 is 9.42 Å². The number of amides is 1. The second-order valence-corrected chi connectivity index (χ2v) is 8.52. The zero-order valence-electron chi connectivity index (χ0n) is 17.8. The van der Waals surface area contributed by atoms with Crippen LogP contribution in [0.5, 0.6) is 0 Å². The van der Waals surface area contributed by atoms with E-state index >= 15 is 0 Å². The van der Waals surface area contributed by atoms with E-state index in [9.17, 15) is 9.59 Å². The number of benzene rings is 1. The topological polar surface area (TPSA) is 84.5 Å². The minimum Gasteiger partial charge on any atom is -0.361 e. The zero-order valence-corrected chi connectivity index (χ0v) is 17.8. The van der Waals surface area contributed by atoms with Gasteiger partial charge in [0.25, 0.3) is 11.5 Å². The highest BCUT2D eigenvalue weighted by atomic mass is 16.5. The van der Waals surface area contributed by atoms with Crippen LogP contribution in [0.2, 0.25) is 0 Å². The van der Waals surface area contributed by atoms with E-state index in [1.807, 2.05) is 22.5 Å². The van der Waals surface area contributed by atoms with E-state index in [-0.39, 0.29) is 11.5 Å². The van der Waals surface area contributed by atoms with Gasteiger partial charge in [-0.3, -0.25) is 19.1 Å². The maximum absolute atomic E-state index is 13.1. The molecule has 3 aromatic rings. The number of aromatic nitrogens is 3. The number of carbonyl (C=O) groups is 1. The highest BCUT2D eigenvalue weighted by Gasteiger charge is 2.23. The smallest absolute Gasteiger partial charge is 0.261 e. The molecule has 0 bridgehead atoms. The summed E-state index contributed by atoms with van der Waals surface area (Å²) >= 11 is 0. The molecule has 1 saturated heterocycles. The first-order valence-electron chi connectivity index (χ1n) is 11.1. The second kappa shape index (κ2) is 8.26. The van der Waals surface area contributed by atoms with Gasteiger partial charge in [-0.05, 0) is 38.0 Å². The van der Waals surface area contributed by atoms with Crippen LogP contribution < -0.4 is 5.56 Å². The fourth-order valence-corrected chi connectivity index (χ4v) is 4.56. The number of hydrogen-bond acceptors (Lipinski definition) is 6. The van der Waals surface area contributed by atoms with Gasteiger partial charge in [-0.1, -0.05) is 11.6 Å². The van der Waals surface area contributed by atoms with Crippen LogP contribution in [-0.2, 0) is 19.5 Å². The van der Waals surface area contributed by atoms with Crippen molar-refractivity contribution in [2.24, 2.45) is 0 Å². The summed E-state index contributed by atoms with van der Waals surface area (Å²) in [6, 6.07) is 7.26. The Labute approximate surface area is 180 Å². The molecule has 1 aromatic carbocycles. The molecule has 2 aliphatic heterocycles. The van der Waals surface area contributed by atoms with E-state index in [0.29, 0.717) is 29.6 Å². The Morgan fingerprint density at radius 2 is 1.90 bits per heavy atom. The molecule has 8 nitrogen and oxygen atoms in total. The summed E-state index contributed by atoms with van der Waals surface area (Å²) in [5.41, 5.74) is 2.16. The van der Waals surface area contributed by atoms with Crippen molar-refractivity contribution in [1.82, 2.24) is 24.5 Å². The Morgan fingerprint density at radius 3 is 2.68 bits per heavy atom.